The molecule has 0 radical (unpaired) electrons. The van der Waals surface area contributed by atoms with Gasteiger partial charge in [0, 0.05) is 18.7 Å². The van der Waals surface area contributed by atoms with E-state index in [1.54, 1.807) is 18.3 Å². The molecule has 2 aromatic heterocycles. The predicted molar refractivity (Wildman–Crippen MR) is 105 cm³/mol. The van der Waals surface area contributed by atoms with E-state index in [9.17, 15) is 9.18 Å². The molecular weight excluding hydrogens is 391 g/mol. The van der Waals surface area contributed by atoms with E-state index in [2.05, 4.69) is 26.9 Å². The summed E-state index contributed by atoms with van der Waals surface area (Å²) in [4.78, 5) is 21.7. The third-order valence-electron chi connectivity index (χ3n) is 5.08. The van der Waals surface area contributed by atoms with Crippen molar-refractivity contribution in [2.24, 2.45) is 0 Å². The zero-order valence-electron chi connectivity index (χ0n) is 16.4. The van der Waals surface area contributed by atoms with E-state index in [0.717, 1.165) is 25.9 Å². The standard InChI is InChI=1S/C21H21FN4O4/c1-2-3-19(20-24-12-25-30-20)26-10-15(11-26)29-14-5-7-18(23-9-14)13-4-6-16(21(27)28)17(22)8-13/h4-9,12,15,19H,2-3,10-11H2,1H3,(H,27,28). The zero-order valence-corrected chi connectivity index (χ0v) is 16.4. The van der Waals surface area contributed by atoms with Crippen molar-refractivity contribution in [3.63, 3.8) is 0 Å². The average molecular weight is 412 g/mol. The molecule has 3 aromatic rings. The first-order valence-corrected chi connectivity index (χ1v) is 9.71. The number of carboxylic acids is 1. The second-order valence-electron chi connectivity index (χ2n) is 7.16. The topological polar surface area (TPSA) is 102 Å². The first-order chi connectivity index (χ1) is 14.5. The van der Waals surface area contributed by atoms with Crippen LogP contribution in [-0.4, -0.2) is 50.3 Å². The van der Waals surface area contributed by atoms with Crippen molar-refractivity contribution < 1.29 is 23.6 Å². The Balaban J connectivity index is 1.36. The number of hydrogen-bond donors (Lipinski definition) is 1. The summed E-state index contributed by atoms with van der Waals surface area (Å²) in [7, 11) is 0. The Morgan fingerprint density at radius 2 is 2.17 bits per heavy atom. The Morgan fingerprint density at radius 3 is 2.77 bits per heavy atom. The Bertz CT molecular complexity index is 1000. The highest BCUT2D eigenvalue weighted by atomic mass is 19.1. The third kappa shape index (κ3) is 4.16. The molecule has 1 N–H and O–H groups in total. The van der Waals surface area contributed by atoms with E-state index < -0.39 is 11.8 Å². The highest BCUT2D eigenvalue weighted by Gasteiger charge is 2.36. The van der Waals surface area contributed by atoms with Gasteiger partial charge in [-0.15, -0.1) is 0 Å². The maximum absolute atomic E-state index is 13.9. The number of benzene rings is 1. The van der Waals surface area contributed by atoms with Crippen LogP contribution in [-0.2, 0) is 0 Å². The number of aromatic nitrogens is 3. The van der Waals surface area contributed by atoms with Crippen LogP contribution in [0.15, 0.2) is 47.4 Å². The van der Waals surface area contributed by atoms with Gasteiger partial charge in [-0.05, 0) is 30.7 Å². The van der Waals surface area contributed by atoms with Crippen molar-refractivity contribution in [1.29, 1.82) is 0 Å². The fraction of sp³-hybridized carbons (Fsp3) is 0.333. The van der Waals surface area contributed by atoms with Gasteiger partial charge in [-0.2, -0.15) is 4.98 Å². The van der Waals surface area contributed by atoms with E-state index in [1.165, 1.54) is 24.5 Å². The van der Waals surface area contributed by atoms with Crippen LogP contribution in [0.1, 0.15) is 42.1 Å². The van der Waals surface area contributed by atoms with Crippen LogP contribution in [0.2, 0.25) is 0 Å². The maximum atomic E-state index is 13.9. The number of ether oxygens (including phenoxy) is 1. The normalized spacial score (nSPS) is 15.5. The van der Waals surface area contributed by atoms with Crippen LogP contribution in [0.5, 0.6) is 5.75 Å². The fourth-order valence-electron chi connectivity index (χ4n) is 3.52. The fourth-order valence-corrected chi connectivity index (χ4v) is 3.52. The number of halogens is 1. The summed E-state index contributed by atoms with van der Waals surface area (Å²) < 4.78 is 25.1. The van der Waals surface area contributed by atoms with Crippen LogP contribution < -0.4 is 4.74 Å². The lowest BCUT2D eigenvalue weighted by atomic mass is 10.0. The van der Waals surface area contributed by atoms with Crippen molar-refractivity contribution in [2.45, 2.75) is 31.9 Å². The van der Waals surface area contributed by atoms with Gasteiger partial charge in [-0.25, -0.2) is 9.18 Å². The summed E-state index contributed by atoms with van der Waals surface area (Å²) in [6, 6.07) is 7.53. The van der Waals surface area contributed by atoms with Crippen LogP contribution in [0, 0.1) is 5.82 Å². The third-order valence-corrected chi connectivity index (χ3v) is 5.08. The van der Waals surface area contributed by atoms with Crippen molar-refractivity contribution in [2.75, 3.05) is 13.1 Å². The molecule has 1 fully saturated rings. The molecule has 0 bridgehead atoms. The van der Waals surface area contributed by atoms with E-state index in [-0.39, 0.29) is 17.7 Å². The lowest BCUT2D eigenvalue weighted by molar-refractivity contribution is -0.0211. The largest absolute Gasteiger partial charge is 0.486 e. The van der Waals surface area contributed by atoms with Crippen molar-refractivity contribution in [1.82, 2.24) is 20.0 Å². The maximum Gasteiger partial charge on any atom is 0.338 e. The van der Waals surface area contributed by atoms with Gasteiger partial charge in [0.15, 0.2) is 6.33 Å². The van der Waals surface area contributed by atoms with E-state index in [0.29, 0.717) is 22.9 Å². The highest BCUT2D eigenvalue weighted by Crippen LogP contribution is 2.30. The van der Waals surface area contributed by atoms with Gasteiger partial charge >= 0.3 is 5.97 Å². The summed E-state index contributed by atoms with van der Waals surface area (Å²) >= 11 is 0. The summed E-state index contributed by atoms with van der Waals surface area (Å²) in [6.07, 6.45) is 4.98. The lowest BCUT2D eigenvalue weighted by Crippen LogP contribution is -2.55. The number of aromatic carboxylic acids is 1. The molecule has 4 rings (SSSR count). The number of nitrogens with zero attached hydrogens (tertiary/aromatic N) is 4. The summed E-state index contributed by atoms with van der Waals surface area (Å²) in [6.45, 7) is 3.61. The Kier molecular flexibility index (Phi) is 5.71. The Labute approximate surface area is 172 Å². The van der Waals surface area contributed by atoms with Gasteiger partial charge in [0.25, 0.3) is 0 Å². The van der Waals surface area contributed by atoms with E-state index >= 15 is 0 Å². The second-order valence-corrected chi connectivity index (χ2v) is 7.16. The molecule has 1 aliphatic heterocycles. The number of carboxylic acid groups (broad SMARTS) is 1. The molecule has 1 unspecified atom stereocenters. The van der Waals surface area contributed by atoms with Crippen LogP contribution in [0.4, 0.5) is 4.39 Å². The molecule has 9 heteroatoms. The molecule has 0 saturated carbocycles. The summed E-state index contributed by atoms with van der Waals surface area (Å²) in [5, 5.41) is 12.6. The van der Waals surface area contributed by atoms with Gasteiger partial charge in [0.1, 0.15) is 17.7 Å². The second kappa shape index (κ2) is 8.58. The number of rotatable bonds is 8. The molecule has 1 saturated heterocycles. The predicted octanol–water partition coefficient (Wildman–Crippen LogP) is 3.57. The Hall–Kier alpha value is -3.33. The first kappa shape index (κ1) is 20.0. The van der Waals surface area contributed by atoms with Crippen LogP contribution in [0.25, 0.3) is 11.3 Å². The highest BCUT2D eigenvalue weighted by molar-refractivity contribution is 5.88. The van der Waals surface area contributed by atoms with Gasteiger partial charge < -0.3 is 14.4 Å². The molecule has 30 heavy (non-hydrogen) atoms. The quantitative estimate of drug-likeness (QED) is 0.599. The number of hydrogen-bond acceptors (Lipinski definition) is 7. The zero-order chi connectivity index (χ0) is 21.1. The summed E-state index contributed by atoms with van der Waals surface area (Å²) in [5.74, 6) is -0.844. The number of carbonyl (C=O) groups is 1. The van der Waals surface area contributed by atoms with Crippen molar-refractivity contribution in [3.8, 4) is 17.0 Å². The molecule has 1 aliphatic rings. The number of likely N-dealkylation sites (tertiary alicyclic amines) is 1. The minimum Gasteiger partial charge on any atom is -0.486 e. The lowest BCUT2D eigenvalue weighted by Gasteiger charge is -2.42. The SMILES string of the molecule is CCCC(c1ncno1)N1CC(Oc2ccc(-c3ccc(C(=O)O)c(F)c3)nc2)C1. The van der Waals surface area contributed by atoms with Crippen molar-refractivity contribution in [3.05, 3.63) is 60.1 Å². The van der Waals surface area contributed by atoms with Crippen molar-refractivity contribution >= 4 is 5.97 Å². The smallest absolute Gasteiger partial charge is 0.338 e. The van der Waals surface area contributed by atoms with Crippen LogP contribution in [0.3, 0.4) is 0 Å². The van der Waals surface area contributed by atoms with E-state index in [4.69, 9.17) is 14.4 Å². The van der Waals surface area contributed by atoms with Crippen LogP contribution >= 0.6 is 0 Å². The Morgan fingerprint density at radius 1 is 1.33 bits per heavy atom. The minimum atomic E-state index is -1.30. The van der Waals surface area contributed by atoms with Gasteiger partial charge in [0.2, 0.25) is 5.89 Å². The van der Waals surface area contributed by atoms with E-state index in [1.807, 2.05) is 0 Å². The van der Waals surface area contributed by atoms with Gasteiger partial charge in [-0.3, -0.25) is 9.88 Å². The molecule has 1 atom stereocenters. The monoisotopic (exact) mass is 412 g/mol. The molecule has 0 amide bonds. The summed E-state index contributed by atoms with van der Waals surface area (Å²) in [5.41, 5.74) is 0.670. The molecule has 3 heterocycles. The molecular formula is C21H21FN4O4. The average Bonchev–Trinajstić information content (AvgIpc) is 3.24. The molecule has 0 aliphatic carbocycles. The molecule has 0 spiro atoms. The van der Waals surface area contributed by atoms with Gasteiger partial charge in [0.05, 0.1) is 23.5 Å². The molecule has 1 aromatic carbocycles. The molecule has 156 valence electrons. The molecule has 8 nitrogen and oxygen atoms in total. The first-order valence-electron chi connectivity index (χ1n) is 9.71. The minimum absolute atomic E-state index is 0.0345. The number of pyridine rings is 1. The van der Waals surface area contributed by atoms with Gasteiger partial charge in [-0.1, -0.05) is 24.6 Å².